The SMILES string of the molecule is OC1COCc2c(-c3ccc4nncn4c3)cncc21. The van der Waals surface area contributed by atoms with Crippen LogP contribution in [0.1, 0.15) is 17.2 Å². The highest BCUT2D eigenvalue weighted by Gasteiger charge is 2.22. The van der Waals surface area contributed by atoms with Gasteiger partial charge in [0, 0.05) is 35.3 Å². The van der Waals surface area contributed by atoms with Crippen LogP contribution in [0, 0.1) is 0 Å². The van der Waals surface area contributed by atoms with Crippen LogP contribution in [-0.4, -0.2) is 31.3 Å². The first-order valence-electron chi connectivity index (χ1n) is 6.35. The molecule has 3 aromatic rings. The average molecular weight is 268 g/mol. The van der Waals surface area contributed by atoms with E-state index in [2.05, 4.69) is 15.2 Å². The fourth-order valence-corrected chi connectivity index (χ4v) is 2.55. The van der Waals surface area contributed by atoms with Gasteiger partial charge in [0.1, 0.15) is 12.4 Å². The Bertz CT molecular complexity index is 784. The zero-order valence-corrected chi connectivity index (χ0v) is 10.6. The molecule has 1 unspecified atom stereocenters. The molecule has 0 bridgehead atoms. The maximum absolute atomic E-state index is 9.98. The lowest BCUT2D eigenvalue weighted by molar-refractivity contribution is 0.00981. The predicted octanol–water partition coefficient (Wildman–Crippen LogP) is 1.35. The molecule has 3 aromatic heterocycles. The van der Waals surface area contributed by atoms with Crippen molar-refractivity contribution in [3.05, 3.63) is 48.2 Å². The summed E-state index contributed by atoms with van der Waals surface area (Å²) in [5.74, 6) is 0. The molecule has 20 heavy (non-hydrogen) atoms. The number of aromatic nitrogens is 4. The van der Waals surface area contributed by atoms with E-state index in [1.165, 1.54) is 0 Å². The first kappa shape index (κ1) is 11.5. The molecule has 0 saturated carbocycles. The van der Waals surface area contributed by atoms with Crippen LogP contribution in [0.3, 0.4) is 0 Å². The summed E-state index contributed by atoms with van der Waals surface area (Å²) in [7, 11) is 0. The van der Waals surface area contributed by atoms with Crippen molar-refractivity contribution < 1.29 is 9.84 Å². The lowest BCUT2D eigenvalue weighted by atomic mass is 9.95. The van der Waals surface area contributed by atoms with E-state index in [1.54, 1.807) is 18.7 Å². The van der Waals surface area contributed by atoms with Crippen molar-refractivity contribution in [2.45, 2.75) is 12.7 Å². The van der Waals surface area contributed by atoms with Crippen molar-refractivity contribution in [3.63, 3.8) is 0 Å². The number of aliphatic hydroxyl groups excluding tert-OH is 1. The lowest BCUT2D eigenvalue weighted by Crippen LogP contribution is -2.17. The molecule has 6 nitrogen and oxygen atoms in total. The Morgan fingerprint density at radius 1 is 1.30 bits per heavy atom. The lowest BCUT2D eigenvalue weighted by Gasteiger charge is -2.23. The van der Waals surface area contributed by atoms with Gasteiger partial charge in [-0.25, -0.2) is 0 Å². The van der Waals surface area contributed by atoms with Gasteiger partial charge in [-0.15, -0.1) is 10.2 Å². The van der Waals surface area contributed by atoms with Crippen LogP contribution in [0.5, 0.6) is 0 Å². The van der Waals surface area contributed by atoms with E-state index in [-0.39, 0.29) is 0 Å². The fourth-order valence-electron chi connectivity index (χ4n) is 2.55. The number of hydrogen-bond donors (Lipinski definition) is 1. The molecule has 4 heterocycles. The summed E-state index contributed by atoms with van der Waals surface area (Å²) in [6.07, 6.45) is 6.51. The van der Waals surface area contributed by atoms with Gasteiger partial charge in [-0.1, -0.05) is 0 Å². The number of rotatable bonds is 1. The Morgan fingerprint density at radius 2 is 2.25 bits per heavy atom. The van der Waals surface area contributed by atoms with E-state index in [0.717, 1.165) is 27.9 Å². The summed E-state index contributed by atoms with van der Waals surface area (Å²) < 4.78 is 7.29. The van der Waals surface area contributed by atoms with Gasteiger partial charge in [0.2, 0.25) is 0 Å². The van der Waals surface area contributed by atoms with Crippen molar-refractivity contribution in [3.8, 4) is 11.1 Å². The molecule has 0 radical (unpaired) electrons. The van der Waals surface area contributed by atoms with Crippen molar-refractivity contribution >= 4 is 5.65 Å². The predicted molar refractivity (Wildman–Crippen MR) is 70.8 cm³/mol. The highest BCUT2D eigenvalue weighted by atomic mass is 16.5. The van der Waals surface area contributed by atoms with E-state index >= 15 is 0 Å². The fraction of sp³-hybridized carbons (Fsp3) is 0.214. The molecule has 0 spiro atoms. The first-order valence-corrected chi connectivity index (χ1v) is 6.35. The Balaban J connectivity index is 1.91. The maximum Gasteiger partial charge on any atom is 0.160 e. The second kappa shape index (κ2) is 4.36. The third-order valence-corrected chi connectivity index (χ3v) is 3.57. The molecule has 6 heteroatoms. The molecule has 1 N–H and O–H groups in total. The molecule has 0 fully saturated rings. The highest BCUT2D eigenvalue weighted by molar-refractivity contribution is 5.68. The molecule has 1 aliphatic rings. The quantitative estimate of drug-likeness (QED) is 0.721. The van der Waals surface area contributed by atoms with Crippen LogP contribution < -0.4 is 0 Å². The number of pyridine rings is 2. The second-order valence-electron chi connectivity index (χ2n) is 4.80. The van der Waals surface area contributed by atoms with E-state index in [0.29, 0.717) is 13.2 Å². The van der Waals surface area contributed by atoms with Crippen LogP contribution in [0.2, 0.25) is 0 Å². The minimum absolute atomic E-state index is 0.322. The number of aliphatic hydroxyl groups is 1. The monoisotopic (exact) mass is 268 g/mol. The Hall–Kier alpha value is -2.31. The van der Waals surface area contributed by atoms with Gasteiger partial charge in [-0.2, -0.15) is 0 Å². The molecule has 0 saturated heterocycles. The summed E-state index contributed by atoms with van der Waals surface area (Å²) in [5, 5.41) is 17.8. The number of ether oxygens (including phenoxy) is 1. The van der Waals surface area contributed by atoms with Crippen LogP contribution in [0.4, 0.5) is 0 Å². The Morgan fingerprint density at radius 3 is 3.20 bits per heavy atom. The van der Waals surface area contributed by atoms with E-state index in [4.69, 9.17) is 4.74 Å². The molecule has 1 atom stereocenters. The van der Waals surface area contributed by atoms with Crippen LogP contribution in [0.15, 0.2) is 37.1 Å². The topological polar surface area (TPSA) is 72.5 Å². The highest BCUT2D eigenvalue weighted by Crippen LogP contribution is 2.32. The van der Waals surface area contributed by atoms with Gasteiger partial charge in [-0.3, -0.25) is 9.38 Å². The van der Waals surface area contributed by atoms with Crippen molar-refractivity contribution in [2.75, 3.05) is 6.61 Å². The van der Waals surface area contributed by atoms with Crippen LogP contribution >= 0.6 is 0 Å². The number of fused-ring (bicyclic) bond motifs is 2. The summed E-state index contributed by atoms with van der Waals surface area (Å²) >= 11 is 0. The molecule has 100 valence electrons. The molecular formula is C14H12N4O2. The third-order valence-electron chi connectivity index (χ3n) is 3.57. The minimum Gasteiger partial charge on any atom is -0.386 e. The third kappa shape index (κ3) is 1.70. The second-order valence-corrected chi connectivity index (χ2v) is 4.80. The van der Waals surface area contributed by atoms with Crippen LogP contribution in [-0.2, 0) is 11.3 Å². The van der Waals surface area contributed by atoms with Gasteiger partial charge in [0.05, 0.1) is 13.2 Å². The summed E-state index contributed by atoms with van der Waals surface area (Å²) in [6.45, 7) is 0.813. The van der Waals surface area contributed by atoms with Gasteiger partial charge in [-0.05, 0) is 17.7 Å². The normalized spacial score (nSPS) is 18.1. The van der Waals surface area contributed by atoms with Gasteiger partial charge in [0.15, 0.2) is 5.65 Å². The zero-order valence-electron chi connectivity index (χ0n) is 10.6. The Labute approximate surface area is 114 Å². The zero-order chi connectivity index (χ0) is 13.5. The van der Waals surface area contributed by atoms with Gasteiger partial charge in [0.25, 0.3) is 0 Å². The van der Waals surface area contributed by atoms with E-state index in [9.17, 15) is 5.11 Å². The largest absolute Gasteiger partial charge is 0.386 e. The molecule has 4 rings (SSSR count). The maximum atomic E-state index is 9.98. The Kier molecular flexibility index (Phi) is 2.51. The molecule has 0 aliphatic carbocycles. The summed E-state index contributed by atoms with van der Waals surface area (Å²) in [4.78, 5) is 4.24. The van der Waals surface area contributed by atoms with E-state index < -0.39 is 6.10 Å². The van der Waals surface area contributed by atoms with Crippen molar-refractivity contribution in [2.24, 2.45) is 0 Å². The molecule has 0 amide bonds. The molecule has 0 aromatic carbocycles. The van der Waals surface area contributed by atoms with Crippen molar-refractivity contribution in [1.82, 2.24) is 19.6 Å². The molecule has 1 aliphatic heterocycles. The van der Waals surface area contributed by atoms with Gasteiger partial charge >= 0.3 is 0 Å². The first-order chi connectivity index (χ1) is 9.83. The van der Waals surface area contributed by atoms with Gasteiger partial charge < -0.3 is 9.84 Å². The summed E-state index contributed by atoms with van der Waals surface area (Å²) in [6, 6.07) is 3.88. The minimum atomic E-state index is -0.607. The average Bonchev–Trinajstić information content (AvgIpc) is 2.94. The van der Waals surface area contributed by atoms with E-state index in [1.807, 2.05) is 22.7 Å². The summed E-state index contributed by atoms with van der Waals surface area (Å²) in [5.41, 5.74) is 4.60. The number of nitrogens with zero attached hydrogens (tertiary/aromatic N) is 4. The van der Waals surface area contributed by atoms with Crippen molar-refractivity contribution in [1.29, 1.82) is 0 Å². The van der Waals surface area contributed by atoms with Crippen LogP contribution in [0.25, 0.3) is 16.8 Å². The molecular weight excluding hydrogens is 256 g/mol. The smallest absolute Gasteiger partial charge is 0.160 e. The number of hydrogen-bond acceptors (Lipinski definition) is 5. The standard InChI is InChI=1S/C14H12N4O2/c19-13-7-20-6-12-10(3-15-4-11(12)13)9-1-2-14-17-16-8-18(14)5-9/h1-5,8,13,19H,6-7H2.